The van der Waals surface area contributed by atoms with Crippen LogP contribution in [0.3, 0.4) is 0 Å². The summed E-state index contributed by atoms with van der Waals surface area (Å²) >= 11 is 0. The number of aliphatic hydroxyl groups is 1. The van der Waals surface area contributed by atoms with Gasteiger partial charge in [0.2, 0.25) is 5.91 Å². The van der Waals surface area contributed by atoms with E-state index in [-0.39, 0.29) is 35.8 Å². The molecule has 0 radical (unpaired) electrons. The summed E-state index contributed by atoms with van der Waals surface area (Å²) in [7, 11) is 0. The quantitative estimate of drug-likeness (QED) is 0.419. The number of nitrogens with two attached hydrogens (primary N) is 1. The van der Waals surface area contributed by atoms with Crippen LogP contribution in [0.1, 0.15) is 57.8 Å². The fourth-order valence-corrected chi connectivity index (χ4v) is 10.2. The van der Waals surface area contributed by atoms with E-state index in [1.807, 2.05) is 30.5 Å². The second-order valence-electron chi connectivity index (χ2n) is 14.7. The van der Waals surface area contributed by atoms with Crippen molar-refractivity contribution in [2.24, 2.45) is 28.9 Å². The second kappa shape index (κ2) is 11.9. The minimum Gasteiger partial charge on any atom is -0.395 e. The van der Waals surface area contributed by atoms with Crippen molar-refractivity contribution in [1.29, 1.82) is 0 Å². The molecule has 3 aliphatic heterocycles. The maximum Gasteiger partial charge on any atom is 0.431 e. The Balaban J connectivity index is 0.898. The monoisotopic (exact) mass is 629 g/mol. The molecule has 46 heavy (non-hydrogen) atoms. The smallest absolute Gasteiger partial charge is 0.395 e. The van der Waals surface area contributed by atoms with Crippen LogP contribution in [0.25, 0.3) is 0 Å². The predicted molar refractivity (Wildman–Crippen MR) is 176 cm³/mol. The van der Waals surface area contributed by atoms with Crippen LogP contribution in [0.15, 0.2) is 42.6 Å². The molecular weight excluding hydrogens is 582 g/mol. The van der Waals surface area contributed by atoms with E-state index >= 15 is 0 Å². The zero-order valence-corrected chi connectivity index (χ0v) is 26.6. The van der Waals surface area contributed by atoms with Gasteiger partial charge in [0.1, 0.15) is 5.82 Å². The number of aromatic nitrogens is 1. The number of nitrogens with one attached hydrogen (secondary N) is 1. The summed E-state index contributed by atoms with van der Waals surface area (Å²) in [5, 5.41) is 14.7. The van der Waals surface area contributed by atoms with Crippen molar-refractivity contribution in [1.82, 2.24) is 15.2 Å². The molecule has 1 aromatic heterocycles. The molecule has 6 atom stereocenters. The molecule has 2 aromatic rings. The standard InChI is InChI=1S/C35H47N7O4/c36-33(44)35-18-23-16-24(19-35)32(25(17-23)20-35)38-34(45)46-42-15-14-41(29-5-1-2-6-30(29)42)31-8-7-27(21-37-31)39-12-9-26(10-13-39)40-11-3-4-28(40)22-43/h1-2,5-8,21,23-26,28,32,43H,3-4,9-20,22H2,(H2,36,44)(H,38,45)/t23?,24-,25+,28-,32?,35?/m1/s1. The van der Waals surface area contributed by atoms with Crippen LogP contribution in [0.5, 0.6) is 0 Å². The lowest BCUT2D eigenvalue weighted by Crippen LogP contribution is -2.62. The van der Waals surface area contributed by atoms with Gasteiger partial charge in [-0.25, -0.2) is 14.8 Å². The Morgan fingerprint density at radius 3 is 2.41 bits per heavy atom. The number of carbonyl (C=O) groups excluding carboxylic acids is 2. The summed E-state index contributed by atoms with van der Waals surface area (Å²) < 4.78 is 0. The van der Waals surface area contributed by atoms with E-state index in [4.69, 9.17) is 15.6 Å². The van der Waals surface area contributed by atoms with Gasteiger partial charge in [-0.15, -0.1) is 0 Å². The maximum atomic E-state index is 13.3. The van der Waals surface area contributed by atoms with Crippen molar-refractivity contribution in [2.75, 3.05) is 54.2 Å². The molecule has 11 heteroatoms. The summed E-state index contributed by atoms with van der Waals surface area (Å²) in [6.07, 6.45) is 10.6. The number of fused-ring (bicyclic) bond motifs is 1. The minimum absolute atomic E-state index is 0.0271. The molecule has 6 fully saturated rings. The van der Waals surface area contributed by atoms with Gasteiger partial charge in [0.05, 0.1) is 36.4 Å². The molecule has 9 rings (SSSR count). The minimum atomic E-state index is -0.434. The molecule has 4 bridgehead atoms. The number of aliphatic hydroxyl groups excluding tert-OH is 1. The molecule has 2 amide bonds. The number of para-hydroxylation sites is 2. The van der Waals surface area contributed by atoms with Gasteiger partial charge in [0.15, 0.2) is 0 Å². The lowest BCUT2D eigenvalue weighted by atomic mass is 9.47. The molecule has 3 unspecified atom stereocenters. The first-order chi connectivity index (χ1) is 22.4. The number of benzene rings is 1. The molecule has 7 aliphatic rings. The van der Waals surface area contributed by atoms with Crippen LogP contribution in [0.4, 0.5) is 27.7 Å². The van der Waals surface area contributed by atoms with Gasteiger partial charge in [-0.3, -0.25) is 9.69 Å². The number of hydrogen-bond donors (Lipinski definition) is 3. The number of pyridine rings is 1. The van der Waals surface area contributed by atoms with E-state index < -0.39 is 6.09 Å². The summed E-state index contributed by atoms with van der Waals surface area (Å²) in [6.45, 7) is 4.51. The Morgan fingerprint density at radius 1 is 0.957 bits per heavy atom. The fraction of sp³-hybridized carbons (Fsp3) is 0.629. The molecule has 4 aliphatic carbocycles. The van der Waals surface area contributed by atoms with Gasteiger partial charge in [0, 0.05) is 43.2 Å². The molecule has 4 saturated carbocycles. The first kappa shape index (κ1) is 29.8. The van der Waals surface area contributed by atoms with Crippen LogP contribution in [0.2, 0.25) is 0 Å². The van der Waals surface area contributed by atoms with Gasteiger partial charge in [0.25, 0.3) is 0 Å². The second-order valence-corrected chi connectivity index (χ2v) is 14.7. The summed E-state index contributed by atoms with van der Waals surface area (Å²) in [5.74, 6) is 1.80. The average Bonchev–Trinajstić information content (AvgIpc) is 3.56. The van der Waals surface area contributed by atoms with Crippen molar-refractivity contribution < 1.29 is 19.5 Å². The highest BCUT2D eigenvalue weighted by Gasteiger charge is 2.58. The molecule has 246 valence electrons. The fourth-order valence-electron chi connectivity index (χ4n) is 10.2. The third-order valence-electron chi connectivity index (χ3n) is 12.2. The number of primary amides is 1. The zero-order valence-electron chi connectivity index (χ0n) is 26.6. The maximum absolute atomic E-state index is 13.3. The Labute approximate surface area is 271 Å². The van der Waals surface area contributed by atoms with E-state index in [0.29, 0.717) is 31.1 Å². The Hall–Kier alpha value is -3.57. The lowest BCUT2D eigenvalue weighted by molar-refractivity contribution is -0.145. The predicted octanol–water partition coefficient (Wildman–Crippen LogP) is 3.79. The van der Waals surface area contributed by atoms with Gasteiger partial charge in [-0.2, -0.15) is 0 Å². The van der Waals surface area contributed by atoms with E-state index in [0.717, 1.165) is 93.9 Å². The molecule has 4 N–H and O–H groups in total. The number of hydroxylamine groups is 1. The van der Waals surface area contributed by atoms with Crippen LogP contribution < -0.4 is 25.9 Å². The molecule has 0 spiro atoms. The number of rotatable bonds is 7. The molecule has 1 aromatic carbocycles. The van der Waals surface area contributed by atoms with E-state index in [1.165, 1.54) is 6.42 Å². The van der Waals surface area contributed by atoms with Crippen LogP contribution in [-0.2, 0) is 9.63 Å². The number of piperidine rings is 1. The van der Waals surface area contributed by atoms with Crippen LogP contribution >= 0.6 is 0 Å². The van der Waals surface area contributed by atoms with Crippen LogP contribution in [0, 0.1) is 23.2 Å². The third kappa shape index (κ3) is 5.25. The summed E-state index contributed by atoms with van der Waals surface area (Å²) in [6, 6.07) is 13.2. The number of nitrogens with zero attached hydrogens (tertiary/aromatic N) is 5. The Bertz CT molecular complexity index is 1430. The van der Waals surface area contributed by atoms with E-state index in [2.05, 4.69) is 32.1 Å². The number of carbonyl (C=O) groups is 2. The normalized spacial score (nSPS) is 32.5. The van der Waals surface area contributed by atoms with Gasteiger partial charge < -0.3 is 30.8 Å². The topological polar surface area (TPSA) is 127 Å². The number of anilines is 4. The molecule has 11 nitrogen and oxygen atoms in total. The zero-order chi connectivity index (χ0) is 31.4. The first-order valence-electron chi connectivity index (χ1n) is 17.4. The Morgan fingerprint density at radius 2 is 1.72 bits per heavy atom. The van der Waals surface area contributed by atoms with Crippen molar-refractivity contribution in [3.63, 3.8) is 0 Å². The summed E-state index contributed by atoms with van der Waals surface area (Å²) in [5.41, 5.74) is 8.40. The largest absolute Gasteiger partial charge is 0.431 e. The average molecular weight is 630 g/mol. The first-order valence-corrected chi connectivity index (χ1v) is 17.4. The lowest BCUT2D eigenvalue weighted by Gasteiger charge is -2.58. The highest BCUT2D eigenvalue weighted by Crippen LogP contribution is 2.60. The number of amides is 2. The van der Waals surface area contributed by atoms with Crippen molar-refractivity contribution >= 4 is 34.9 Å². The molecular formula is C35H47N7O4. The number of likely N-dealkylation sites (tertiary alicyclic amines) is 1. The van der Waals surface area contributed by atoms with Gasteiger partial charge in [-0.1, -0.05) is 12.1 Å². The number of hydrogen-bond acceptors (Lipinski definition) is 9. The van der Waals surface area contributed by atoms with Crippen molar-refractivity contribution in [3.05, 3.63) is 42.6 Å². The van der Waals surface area contributed by atoms with Crippen LogP contribution in [-0.4, -0.2) is 84.4 Å². The molecule has 2 saturated heterocycles. The van der Waals surface area contributed by atoms with Crippen molar-refractivity contribution in [2.45, 2.75) is 75.9 Å². The van der Waals surface area contributed by atoms with Gasteiger partial charge in [-0.05, 0) is 106 Å². The van der Waals surface area contributed by atoms with Gasteiger partial charge >= 0.3 is 6.09 Å². The van der Waals surface area contributed by atoms with E-state index in [1.54, 1.807) is 5.06 Å². The highest BCUT2D eigenvalue weighted by molar-refractivity contribution is 5.82. The Kier molecular flexibility index (Phi) is 7.71. The summed E-state index contributed by atoms with van der Waals surface area (Å²) in [4.78, 5) is 43.6. The SMILES string of the molecule is NC(=O)C12CC3C[C@H](C1)C(NC(=O)ON1CCN(c4ccc(N5CCC(N6CCC[C@@H]6CO)CC5)cn4)c4ccccc41)[C@@H](C3)C2. The van der Waals surface area contributed by atoms with E-state index in [9.17, 15) is 14.7 Å². The molecule has 4 heterocycles. The highest BCUT2D eigenvalue weighted by atomic mass is 16.7. The van der Waals surface area contributed by atoms with Crippen molar-refractivity contribution in [3.8, 4) is 0 Å². The third-order valence-corrected chi connectivity index (χ3v) is 12.2.